The first-order chi connectivity index (χ1) is 7.43. The van der Waals surface area contributed by atoms with Crippen LogP contribution in [0.25, 0.3) is 0 Å². The van der Waals surface area contributed by atoms with Crippen LogP contribution in [0.5, 0.6) is 0 Å². The number of rotatable bonds is 9. The molecule has 1 aromatic rings. The largest absolute Gasteiger partial charge is 0.250 e. The molecule has 0 fully saturated rings. The lowest BCUT2D eigenvalue weighted by atomic mass is 10.1. The Labute approximate surface area is 93.7 Å². The van der Waals surface area contributed by atoms with Crippen LogP contribution < -0.4 is 4.57 Å². The van der Waals surface area contributed by atoms with Gasteiger partial charge in [-0.3, -0.25) is 4.98 Å². The summed E-state index contributed by atoms with van der Waals surface area (Å²) in [6.45, 7) is 3.44. The highest BCUT2D eigenvalue weighted by molar-refractivity contribution is 4.55. The molecule has 2 nitrogen and oxygen atoms in total. The average molecular weight is 209 g/mol. The maximum Gasteiger partial charge on any atom is 0.241 e. The maximum atomic E-state index is 3.07. The van der Waals surface area contributed by atoms with E-state index in [1.807, 2.05) is 12.5 Å². The van der Waals surface area contributed by atoms with Gasteiger partial charge in [-0.15, -0.1) is 0 Å². The third kappa shape index (κ3) is 6.32. The van der Waals surface area contributed by atoms with Crippen molar-refractivity contribution < 1.29 is 4.57 Å². The summed E-state index contributed by atoms with van der Waals surface area (Å²) >= 11 is 0. The van der Waals surface area contributed by atoms with Crippen LogP contribution in [0, 0.1) is 0 Å². The van der Waals surface area contributed by atoms with Crippen molar-refractivity contribution >= 4 is 0 Å². The molecule has 1 N–H and O–H groups in total. The van der Waals surface area contributed by atoms with E-state index in [2.05, 4.69) is 22.7 Å². The van der Waals surface area contributed by atoms with Gasteiger partial charge < -0.3 is 0 Å². The monoisotopic (exact) mass is 209 g/mol. The summed E-state index contributed by atoms with van der Waals surface area (Å²) in [5, 5.41) is 0. The van der Waals surface area contributed by atoms with E-state index in [0.29, 0.717) is 0 Å². The minimum atomic E-state index is 1.17. The molecular weight excluding hydrogens is 184 g/mol. The van der Waals surface area contributed by atoms with Crippen molar-refractivity contribution in [3.8, 4) is 0 Å². The SMILES string of the molecule is CCCCCCCCCC[n+]1cc[nH]c1. The molecule has 0 spiro atoms. The Morgan fingerprint density at radius 1 is 0.933 bits per heavy atom. The first-order valence-corrected chi connectivity index (χ1v) is 6.45. The number of aryl methyl sites for hydroxylation is 1. The molecule has 0 unspecified atom stereocenters. The predicted molar refractivity (Wildman–Crippen MR) is 63.6 cm³/mol. The summed E-state index contributed by atoms with van der Waals surface area (Å²) in [5.41, 5.74) is 0. The topological polar surface area (TPSA) is 19.7 Å². The van der Waals surface area contributed by atoms with Crippen molar-refractivity contribution in [3.05, 3.63) is 18.7 Å². The Morgan fingerprint density at radius 3 is 2.20 bits per heavy atom. The fourth-order valence-corrected chi connectivity index (χ4v) is 1.89. The second-order valence-electron chi connectivity index (χ2n) is 4.32. The fraction of sp³-hybridized carbons (Fsp3) is 0.769. The number of unbranched alkanes of at least 4 members (excludes halogenated alkanes) is 7. The van der Waals surface area contributed by atoms with E-state index in [4.69, 9.17) is 0 Å². The number of H-pyrrole nitrogens is 1. The molecule has 86 valence electrons. The Hall–Kier alpha value is -0.790. The van der Waals surface area contributed by atoms with E-state index in [1.54, 1.807) is 0 Å². The van der Waals surface area contributed by atoms with Gasteiger partial charge in [0, 0.05) is 0 Å². The van der Waals surface area contributed by atoms with Crippen LogP contribution >= 0.6 is 0 Å². The van der Waals surface area contributed by atoms with Gasteiger partial charge in [0.2, 0.25) is 6.33 Å². The highest BCUT2D eigenvalue weighted by atomic mass is 15.0. The molecule has 0 saturated carbocycles. The maximum absolute atomic E-state index is 3.07. The average Bonchev–Trinajstić information content (AvgIpc) is 2.75. The quantitative estimate of drug-likeness (QED) is 0.475. The molecule has 1 heterocycles. The van der Waals surface area contributed by atoms with Crippen molar-refractivity contribution in [1.82, 2.24) is 4.98 Å². The fourth-order valence-electron chi connectivity index (χ4n) is 1.89. The van der Waals surface area contributed by atoms with Gasteiger partial charge in [-0.05, 0) is 12.8 Å². The van der Waals surface area contributed by atoms with Gasteiger partial charge in [0.15, 0.2) is 0 Å². The smallest absolute Gasteiger partial charge is 0.241 e. The molecule has 0 bridgehead atoms. The minimum Gasteiger partial charge on any atom is -0.250 e. The number of nitrogens with zero attached hydrogens (tertiary/aromatic N) is 1. The number of nitrogens with one attached hydrogen (secondary N) is 1. The van der Waals surface area contributed by atoms with Gasteiger partial charge in [-0.1, -0.05) is 45.4 Å². The van der Waals surface area contributed by atoms with Crippen LogP contribution in [0.1, 0.15) is 58.3 Å². The molecule has 0 aliphatic heterocycles. The molecule has 0 atom stereocenters. The summed E-state index contributed by atoms with van der Waals surface area (Å²) in [7, 11) is 0. The van der Waals surface area contributed by atoms with Crippen molar-refractivity contribution in [2.75, 3.05) is 0 Å². The van der Waals surface area contributed by atoms with Crippen molar-refractivity contribution in [1.29, 1.82) is 0 Å². The second-order valence-corrected chi connectivity index (χ2v) is 4.32. The first kappa shape index (κ1) is 12.3. The second kappa shape index (κ2) is 8.51. The number of aromatic nitrogens is 2. The van der Waals surface area contributed by atoms with Gasteiger partial charge in [-0.2, -0.15) is 0 Å². The van der Waals surface area contributed by atoms with E-state index >= 15 is 0 Å². The zero-order chi connectivity index (χ0) is 10.8. The lowest BCUT2D eigenvalue weighted by Gasteiger charge is -2.00. The lowest BCUT2D eigenvalue weighted by molar-refractivity contribution is -0.696. The molecule has 0 aliphatic carbocycles. The standard InChI is InChI=1S/C13H24N2/c1-2-3-4-5-6-7-8-9-11-15-12-10-14-13-15/h10,12-13H,2-9,11H2,1H3/p+1. The Balaban J connectivity index is 1.81. The Kier molecular flexibility index (Phi) is 6.97. The molecule has 0 aromatic carbocycles. The lowest BCUT2D eigenvalue weighted by Crippen LogP contribution is -2.30. The van der Waals surface area contributed by atoms with Gasteiger partial charge in [0.25, 0.3) is 0 Å². The van der Waals surface area contributed by atoms with Crippen LogP contribution in [0.15, 0.2) is 18.7 Å². The van der Waals surface area contributed by atoms with Gasteiger partial charge in [-0.25, -0.2) is 4.57 Å². The summed E-state index contributed by atoms with van der Waals surface area (Å²) < 4.78 is 2.22. The molecule has 0 radical (unpaired) electrons. The van der Waals surface area contributed by atoms with Gasteiger partial charge in [0.1, 0.15) is 12.4 Å². The third-order valence-corrected chi connectivity index (χ3v) is 2.87. The summed E-state index contributed by atoms with van der Waals surface area (Å²) in [5.74, 6) is 0. The van der Waals surface area contributed by atoms with Crippen LogP contribution in [-0.4, -0.2) is 4.98 Å². The number of imidazole rings is 1. The number of aromatic amines is 1. The molecule has 1 rings (SSSR count). The van der Waals surface area contributed by atoms with E-state index < -0.39 is 0 Å². The van der Waals surface area contributed by atoms with Gasteiger partial charge in [0.05, 0.1) is 6.54 Å². The normalized spacial score (nSPS) is 10.7. The summed E-state index contributed by atoms with van der Waals surface area (Å²) in [4.78, 5) is 3.07. The van der Waals surface area contributed by atoms with Crippen LogP contribution in [0.3, 0.4) is 0 Å². The summed E-state index contributed by atoms with van der Waals surface area (Å²) in [6.07, 6.45) is 17.3. The molecule has 0 amide bonds. The van der Waals surface area contributed by atoms with E-state index in [9.17, 15) is 0 Å². The Bertz CT molecular complexity index is 216. The van der Waals surface area contributed by atoms with Crippen LogP contribution in [0.4, 0.5) is 0 Å². The molecule has 15 heavy (non-hydrogen) atoms. The highest BCUT2D eigenvalue weighted by Crippen LogP contribution is 2.07. The van der Waals surface area contributed by atoms with Crippen molar-refractivity contribution in [3.63, 3.8) is 0 Å². The van der Waals surface area contributed by atoms with E-state index in [1.165, 1.54) is 57.9 Å². The predicted octanol–water partition coefficient (Wildman–Crippen LogP) is 3.44. The molecular formula is C13H25N2+. The van der Waals surface area contributed by atoms with E-state index in [0.717, 1.165) is 0 Å². The zero-order valence-electron chi connectivity index (χ0n) is 10.0. The third-order valence-electron chi connectivity index (χ3n) is 2.87. The van der Waals surface area contributed by atoms with Crippen LogP contribution in [-0.2, 0) is 6.54 Å². The van der Waals surface area contributed by atoms with E-state index in [-0.39, 0.29) is 0 Å². The first-order valence-electron chi connectivity index (χ1n) is 6.45. The number of hydrogen-bond acceptors (Lipinski definition) is 0. The number of hydrogen-bond donors (Lipinski definition) is 1. The van der Waals surface area contributed by atoms with Crippen molar-refractivity contribution in [2.24, 2.45) is 0 Å². The highest BCUT2D eigenvalue weighted by Gasteiger charge is 1.96. The zero-order valence-corrected chi connectivity index (χ0v) is 10.0. The molecule has 1 aromatic heterocycles. The molecule has 2 heteroatoms. The minimum absolute atomic E-state index is 1.17. The van der Waals surface area contributed by atoms with Crippen molar-refractivity contribution in [2.45, 2.75) is 64.8 Å². The Morgan fingerprint density at radius 2 is 1.60 bits per heavy atom. The molecule has 0 saturated heterocycles. The molecule has 0 aliphatic rings. The van der Waals surface area contributed by atoms with Crippen LogP contribution in [0.2, 0.25) is 0 Å². The summed E-state index contributed by atoms with van der Waals surface area (Å²) in [6, 6.07) is 0. The van der Waals surface area contributed by atoms with Gasteiger partial charge >= 0.3 is 0 Å².